The van der Waals surface area contributed by atoms with Gasteiger partial charge >= 0.3 is 0 Å². The van der Waals surface area contributed by atoms with Crippen LogP contribution in [0.15, 0.2) is 36.4 Å². The highest BCUT2D eigenvalue weighted by Crippen LogP contribution is 2.27. The summed E-state index contributed by atoms with van der Waals surface area (Å²) >= 11 is 0. The van der Waals surface area contributed by atoms with Gasteiger partial charge in [0.1, 0.15) is 18.0 Å². The fourth-order valence-electron chi connectivity index (χ4n) is 3.82. The first-order valence-corrected chi connectivity index (χ1v) is 12.7. The maximum atomic E-state index is 5.87. The van der Waals surface area contributed by atoms with E-state index in [1.807, 2.05) is 6.07 Å². The van der Waals surface area contributed by atoms with Crippen molar-refractivity contribution in [1.82, 2.24) is 0 Å². The van der Waals surface area contributed by atoms with Crippen molar-refractivity contribution in [2.45, 2.75) is 116 Å². The quantitative estimate of drug-likeness (QED) is 0.129. The molecular weight excluding hydrogens is 368 g/mol. The third-order valence-corrected chi connectivity index (χ3v) is 6.06. The first-order valence-electron chi connectivity index (χ1n) is 12.7. The molecule has 2 heteroatoms. The zero-order chi connectivity index (χ0) is 21.3. The SMILES string of the molecule is CCCCCCCCCCCCC/C=C/CCCc1cccc(OCC2(C)CO2)c1. The molecule has 1 aliphatic rings. The topological polar surface area (TPSA) is 21.8 Å². The van der Waals surface area contributed by atoms with Crippen molar-refractivity contribution in [2.75, 3.05) is 13.2 Å². The Kier molecular flexibility index (Phi) is 12.9. The summed E-state index contributed by atoms with van der Waals surface area (Å²) in [6.07, 6.45) is 25.2. The molecule has 1 atom stereocenters. The largest absolute Gasteiger partial charge is 0.490 e. The zero-order valence-corrected chi connectivity index (χ0v) is 19.8. The van der Waals surface area contributed by atoms with Crippen LogP contribution in [0.4, 0.5) is 0 Å². The van der Waals surface area contributed by atoms with Gasteiger partial charge in [-0.1, -0.05) is 95.4 Å². The molecule has 1 heterocycles. The molecule has 0 spiro atoms. The van der Waals surface area contributed by atoms with Crippen LogP contribution in [0.5, 0.6) is 5.75 Å². The van der Waals surface area contributed by atoms with E-state index >= 15 is 0 Å². The van der Waals surface area contributed by atoms with E-state index in [2.05, 4.69) is 44.2 Å². The molecule has 0 saturated carbocycles. The van der Waals surface area contributed by atoms with Crippen LogP contribution >= 0.6 is 0 Å². The van der Waals surface area contributed by atoms with Crippen molar-refractivity contribution in [2.24, 2.45) is 0 Å². The monoisotopic (exact) mass is 414 g/mol. The molecule has 1 aliphatic heterocycles. The minimum absolute atomic E-state index is 0.0469. The Balaban J connectivity index is 1.38. The molecule has 2 nitrogen and oxygen atoms in total. The van der Waals surface area contributed by atoms with Crippen LogP contribution in [0.3, 0.4) is 0 Å². The number of aryl methyl sites for hydroxylation is 1. The van der Waals surface area contributed by atoms with E-state index in [-0.39, 0.29) is 5.60 Å². The number of unbranched alkanes of at least 4 members (excludes halogenated alkanes) is 12. The molecule has 1 aromatic carbocycles. The Bertz CT molecular complexity index is 574. The highest BCUT2D eigenvalue weighted by atomic mass is 16.6. The molecule has 1 unspecified atom stereocenters. The zero-order valence-electron chi connectivity index (χ0n) is 19.8. The maximum Gasteiger partial charge on any atom is 0.123 e. The summed E-state index contributed by atoms with van der Waals surface area (Å²) in [5.74, 6) is 0.969. The van der Waals surface area contributed by atoms with Gasteiger partial charge in [-0.25, -0.2) is 0 Å². The first-order chi connectivity index (χ1) is 14.7. The highest BCUT2D eigenvalue weighted by Gasteiger charge is 2.40. The molecule has 1 fully saturated rings. The number of benzene rings is 1. The Labute approximate surface area is 186 Å². The molecule has 0 aromatic heterocycles. The number of epoxide rings is 1. The number of hydrogen-bond donors (Lipinski definition) is 0. The van der Waals surface area contributed by atoms with Crippen LogP contribution < -0.4 is 4.74 Å². The lowest BCUT2D eigenvalue weighted by Gasteiger charge is -2.10. The van der Waals surface area contributed by atoms with Gasteiger partial charge in [-0.05, 0) is 56.7 Å². The third-order valence-electron chi connectivity index (χ3n) is 6.06. The van der Waals surface area contributed by atoms with Gasteiger partial charge in [0.2, 0.25) is 0 Å². The van der Waals surface area contributed by atoms with Crippen LogP contribution in [-0.2, 0) is 11.2 Å². The van der Waals surface area contributed by atoms with E-state index in [1.54, 1.807) is 0 Å². The molecule has 0 amide bonds. The van der Waals surface area contributed by atoms with E-state index in [1.165, 1.54) is 95.5 Å². The van der Waals surface area contributed by atoms with Gasteiger partial charge in [0.15, 0.2) is 0 Å². The average Bonchev–Trinajstić information content (AvgIpc) is 3.50. The molecule has 0 bridgehead atoms. The lowest BCUT2D eigenvalue weighted by molar-refractivity contribution is 0.202. The molecule has 2 rings (SSSR count). The van der Waals surface area contributed by atoms with Gasteiger partial charge in [0, 0.05) is 0 Å². The van der Waals surface area contributed by atoms with Crippen molar-refractivity contribution < 1.29 is 9.47 Å². The van der Waals surface area contributed by atoms with Gasteiger partial charge < -0.3 is 9.47 Å². The van der Waals surface area contributed by atoms with Crippen LogP contribution in [0.1, 0.15) is 109 Å². The van der Waals surface area contributed by atoms with Gasteiger partial charge in [-0.3, -0.25) is 0 Å². The summed E-state index contributed by atoms with van der Waals surface area (Å²) in [6.45, 7) is 5.86. The molecular formula is C28H46O2. The van der Waals surface area contributed by atoms with Crippen LogP contribution in [0.25, 0.3) is 0 Å². The Morgan fingerprint density at radius 3 is 2.10 bits per heavy atom. The molecule has 1 aromatic rings. The Hall–Kier alpha value is -1.28. The average molecular weight is 415 g/mol. The summed E-state index contributed by atoms with van der Waals surface area (Å²) in [6, 6.07) is 8.53. The fourth-order valence-corrected chi connectivity index (χ4v) is 3.82. The number of allylic oxidation sites excluding steroid dienone is 2. The van der Waals surface area contributed by atoms with Crippen molar-refractivity contribution in [3.8, 4) is 5.75 Å². The second-order valence-corrected chi connectivity index (χ2v) is 9.36. The summed E-state index contributed by atoms with van der Waals surface area (Å²) in [4.78, 5) is 0. The van der Waals surface area contributed by atoms with E-state index in [0.717, 1.165) is 18.8 Å². The molecule has 1 saturated heterocycles. The first kappa shape index (κ1) is 25.0. The summed E-state index contributed by atoms with van der Waals surface area (Å²) in [5, 5.41) is 0. The smallest absolute Gasteiger partial charge is 0.123 e. The van der Waals surface area contributed by atoms with Crippen molar-refractivity contribution >= 4 is 0 Å². The molecule has 170 valence electrons. The summed E-state index contributed by atoms with van der Waals surface area (Å²) < 4.78 is 11.2. The van der Waals surface area contributed by atoms with Crippen molar-refractivity contribution in [3.63, 3.8) is 0 Å². The minimum Gasteiger partial charge on any atom is -0.490 e. The van der Waals surface area contributed by atoms with Crippen molar-refractivity contribution in [3.05, 3.63) is 42.0 Å². The lowest BCUT2D eigenvalue weighted by atomic mass is 10.0. The predicted octanol–water partition coefficient (Wildman–Crippen LogP) is 8.43. The summed E-state index contributed by atoms with van der Waals surface area (Å²) in [7, 11) is 0. The maximum absolute atomic E-state index is 5.87. The fraction of sp³-hybridized carbons (Fsp3) is 0.714. The molecule has 0 N–H and O–H groups in total. The van der Waals surface area contributed by atoms with E-state index < -0.39 is 0 Å². The minimum atomic E-state index is -0.0469. The second kappa shape index (κ2) is 15.5. The van der Waals surface area contributed by atoms with Gasteiger partial charge in [-0.15, -0.1) is 0 Å². The lowest BCUT2D eigenvalue weighted by Crippen LogP contribution is -2.16. The summed E-state index contributed by atoms with van der Waals surface area (Å²) in [5.41, 5.74) is 1.32. The van der Waals surface area contributed by atoms with Crippen molar-refractivity contribution in [1.29, 1.82) is 0 Å². The molecule has 30 heavy (non-hydrogen) atoms. The van der Waals surface area contributed by atoms with E-state index in [4.69, 9.17) is 9.47 Å². The predicted molar refractivity (Wildman–Crippen MR) is 129 cm³/mol. The third kappa shape index (κ3) is 12.4. The van der Waals surface area contributed by atoms with Crippen LogP contribution in [-0.4, -0.2) is 18.8 Å². The Morgan fingerprint density at radius 1 is 0.867 bits per heavy atom. The van der Waals surface area contributed by atoms with Crippen LogP contribution in [0, 0.1) is 0 Å². The second-order valence-electron chi connectivity index (χ2n) is 9.36. The molecule has 0 radical (unpaired) electrons. The molecule has 0 aliphatic carbocycles. The van der Waals surface area contributed by atoms with Gasteiger partial charge in [-0.2, -0.15) is 0 Å². The number of rotatable bonds is 19. The number of ether oxygens (including phenoxy) is 2. The normalized spacial score (nSPS) is 18.2. The van der Waals surface area contributed by atoms with E-state index in [0.29, 0.717) is 6.61 Å². The Morgan fingerprint density at radius 2 is 1.47 bits per heavy atom. The van der Waals surface area contributed by atoms with E-state index in [9.17, 15) is 0 Å². The van der Waals surface area contributed by atoms with Crippen LogP contribution in [0.2, 0.25) is 0 Å². The van der Waals surface area contributed by atoms with Gasteiger partial charge in [0.25, 0.3) is 0 Å². The standard InChI is InChI=1S/C28H46O2/c1-3-4-5-6-7-8-9-10-11-12-13-14-15-16-17-18-20-26-21-19-22-27(23-26)29-24-28(2)25-30-28/h15-16,19,21-23H,3-14,17-18,20,24-25H2,1-2H3/b16-15+. The highest BCUT2D eigenvalue weighted by molar-refractivity contribution is 5.28. The number of hydrogen-bond acceptors (Lipinski definition) is 2. The van der Waals surface area contributed by atoms with Gasteiger partial charge in [0.05, 0.1) is 6.61 Å².